The van der Waals surface area contributed by atoms with E-state index in [0.29, 0.717) is 11.4 Å². The molecule has 1 amide bonds. The lowest BCUT2D eigenvalue weighted by molar-refractivity contribution is 0.0955. The molecule has 1 rings (SSSR count). The minimum Gasteiger partial charge on any atom is -0.351 e. The molecule has 0 saturated heterocycles. The predicted molar refractivity (Wildman–Crippen MR) is 75.5 cm³/mol. The number of hydrogen-bond donors (Lipinski definition) is 1. The normalized spacial score (nSPS) is 13.4. The molecule has 0 aliphatic heterocycles. The Balaban J connectivity index is 2.60. The second-order valence-electron chi connectivity index (χ2n) is 5.25. The van der Waals surface area contributed by atoms with Crippen LogP contribution in [0.2, 0.25) is 0 Å². The molecule has 0 spiro atoms. The Labute approximate surface area is 117 Å². The predicted octanol–water partition coefficient (Wildman–Crippen LogP) is 2.97. The summed E-state index contributed by atoms with van der Waals surface area (Å²) < 4.78 is 3.87. The van der Waals surface area contributed by atoms with Crippen molar-refractivity contribution in [3.05, 3.63) is 10.6 Å². The lowest BCUT2D eigenvalue weighted by atomic mass is 9.91. The van der Waals surface area contributed by atoms with Gasteiger partial charge in [-0.05, 0) is 24.4 Å². The smallest absolute Gasteiger partial charge is 0.264 e. The number of amides is 1. The molecular formula is C12H20ClN3OS. The molecule has 0 radical (unpaired) electrons. The van der Waals surface area contributed by atoms with Gasteiger partial charge in [-0.2, -0.15) is 0 Å². The van der Waals surface area contributed by atoms with Crippen LogP contribution < -0.4 is 5.32 Å². The van der Waals surface area contributed by atoms with E-state index in [9.17, 15) is 4.79 Å². The van der Waals surface area contributed by atoms with Gasteiger partial charge < -0.3 is 5.32 Å². The van der Waals surface area contributed by atoms with Gasteiger partial charge in [0.15, 0.2) is 0 Å². The molecule has 18 heavy (non-hydrogen) atoms. The van der Waals surface area contributed by atoms with E-state index in [-0.39, 0.29) is 16.7 Å². The fraction of sp³-hybridized carbons (Fsp3) is 0.750. The molecule has 0 saturated carbocycles. The highest BCUT2D eigenvalue weighted by atomic mass is 35.5. The van der Waals surface area contributed by atoms with E-state index >= 15 is 0 Å². The second kappa shape index (κ2) is 6.48. The van der Waals surface area contributed by atoms with Gasteiger partial charge in [0.1, 0.15) is 4.88 Å². The molecule has 0 aliphatic rings. The fourth-order valence-corrected chi connectivity index (χ4v) is 2.36. The van der Waals surface area contributed by atoms with Gasteiger partial charge in [0, 0.05) is 17.3 Å². The maximum absolute atomic E-state index is 12.0. The first-order valence-electron chi connectivity index (χ1n) is 6.11. The SMILES string of the molecule is CCC(Cl)CCNC(=O)c1snnc1C(C)(C)C. The highest BCUT2D eigenvalue weighted by Gasteiger charge is 2.26. The summed E-state index contributed by atoms with van der Waals surface area (Å²) in [5.74, 6) is -0.102. The van der Waals surface area contributed by atoms with Gasteiger partial charge in [0.05, 0.1) is 5.69 Å². The van der Waals surface area contributed by atoms with Crippen molar-refractivity contribution in [2.24, 2.45) is 0 Å². The summed E-state index contributed by atoms with van der Waals surface area (Å²) in [6, 6.07) is 0. The summed E-state index contributed by atoms with van der Waals surface area (Å²) in [5.41, 5.74) is 0.584. The second-order valence-corrected chi connectivity index (χ2v) is 6.62. The van der Waals surface area contributed by atoms with Gasteiger partial charge in [-0.1, -0.05) is 32.2 Å². The van der Waals surface area contributed by atoms with Crippen LogP contribution in [0.3, 0.4) is 0 Å². The summed E-state index contributed by atoms with van der Waals surface area (Å²) in [7, 11) is 0. The molecular weight excluding hydrogens is 270 g/mol. The van der Waals surface area contributed by atoms with Crippen LogP contribution in [-0.2, 0) is 5.41 Å². The molecule has 1 aromatic heterocycles. The lowest BCUT2D eigenvalue weighted by Gasteiger charge is -2.16. The average Bonchev–Trinajstić information content (AvgIpc) is 2.77. The van der Waals surface area contributed by atoms with Crippen molar-refractivity contribution in [1.82, 2.24) is 14.9 Å². The van der Waals surface area contributed by atoms with E-state index in [2.05, 4.69) is 14.9 Å². The van der Waals surface area contributed by atoms with Crippen molar-refractivity contribution in [2.45, 2.75) is 51.3 Å². The maximum atomic E-state index is 12.0. The minimum atomic E-state index is -0.169. The van der Waals surface area contributed by atoms with Crippen molar-refractivity contribution in [3.63, 3.8) is 0 Å². The molecule has 1 heterocycles. The highest BCUT2D eigenvalue weighted by molar-refractivity contribution is 7.08. The van der Waals surface area contributed by atoms with E-state index in [1.54, 1.807) is 0 Å². The standard InChI is InChI=1S/C12H20ClN3OS/c1-5-8(13)6-7-14-11(17)9-10(12(2,3)4)15-16-18-9/h8H,5-7H2,1-4H3,(H,14,17). The third-order valence-electron chi connectivity index (χ3n) is 2.59. The van der Waals surface area contributed by atoms with Crippen LogP contribution in [0.5, 0.6) is 0 Å². The monoisotopic (exact) mass is 289 g/mol. The van der Waals surface area contributed by atoms with Gasteiger partial charge in [0.2, 0.25) is 0 Å². The van der Waals surface area contributed by atoms with Crippen LogP contribution >= 0.6 is 23.1 Å². The highest BCUT2D eigenvalue weighted by Crippen LogP contribution is 2.25. The third kappa shape index (κ3) is 4.21. The van der Waals surface area contributed by atoms with Gasteiger partial charge in [-0.15, -0.1) is 16.7 Å². The van der Waals surface area contributed by atoms with E-state index in [0.717, 1.165) is 30.1 Å². The first kappa shape index (κ1) is 15.4. The molecule has 0 aromatic carbocycles. The van der Waals surface area contributed by atoms with Crippen LogP contribution in [0.15, 0.2) is 0 Å². The summed E-state index contributed by atoms with van der Waals surface area (Å²) in [6.45, 7) is 8.68. The Morgan fingerprint density at radius 2 is 2.17 bits per heavy atom. The zero-order chi connectivity index (χ0) is 13.8. The molecule has 1 N–H and O–H groups in total. The first-order valence-corrected chi connectivity index (χ1v) is 7.32. The molecule has 4 nitrogen and oxygen atoms in total. The Morgan fingerprint density at radius 1 is 1.50 bits per heavy atom. The Bertz CT molecular complexity index is 400. The van der Waals surface area contributed by atoms with E-state index in [1.165, 1.54) is 0 Å². The van der Waals surface area contributed by atoms with Crippen LogP contribution in [0.4, 0.5) is 0 Å². The quantitative estimate of drug-likeness (QED) is 0.848. The largest absolute Gasteiger partial charge is 0.351 e. The zero-order valence-corrected chi connectivity index (χ0v) is 12.9. The number of rotatable bonds is 5. The number of carbonyl (C=O) groups excluding carboxylic acids is 1. The molecule has 0 fully saturated rings. The summed E-state index contributed by atoms with van der Waals surface area (Å²) in [4.78, 5) is 12.6. The summed E-state index contributed by atoms with van der Waals surface area (Å²) in [6.07, 6.45) is 1.69. The van der Waals surface area contributed by atoms with Gasteiger partial charge >= 0.3 is 0 Å². The van der Waals surface area contributed by atoms with Crippen molar-refractivity contribution in [3.8, 4) is 0 Å². The molecule has 1 unspecified atom stereocenters. The number of carbonyl (C=O) groups is 1. The summed E-state index contributed by atoms with van der Waals surface area (Å²) >= 11 is 7.15. The number of alkyl halides is 1. The fourth-order valence-electron chi connectivity index (χ4n) is 1.46. The van der Waals surface area contributed by atoms with Crippen molar-refractivity contribution >= 4 is 29.0 Å². The van der Waals surface area contributed by atoms with Crippen molar-refractivity contribution in [2.75, 3.05) is 6.54 Å². The minimum absolute atomic E-state index is 0.102. The third-order valence-corrected chi connectivity index (χ3v) is 3.84. The van der Waals surface area contributed by atoms with E-state index < -0.39 is 0 Å². The number of nitrogens with one attached hydrogen (secondary N) is 1. The Kier molecular flexibility index (Phi) is 5.53. The first-order chi connectivity index (χ1) is 8.36. The van der Waals surface area contributed by atoms with Crippen molar-refractivity contribution in [1.29, 1.82) is 0 Å². The van der Waals surface area contributed by atoms with Gasteiger partial charge in [0.25, 0.3) is 5.91 Å². The average molecular weight is 290 g/mol. The maximum Gasteiger partial charge on any atom is 0.264 e. The van der Waals surface area contributed by atoms with E-state index in [4.69, 9.17) is 11.6 Å². The number of aromatic nitrogens is 2. The van der Waals surface area contributed by atoms with Gasteiger partial charge in [-0.3, -0.25) is 4.79 Å². The van der Waals surface area contributed by atoms with Gasteiger partial charge in [-0.25, -0.2) is 0 Å². The molecule has 6 heteroatoms. The van der Waals surface area contributed by atoms with Crippen LogP contribution in [0.1, 0.15) is 55.9 Å². The number of hydrogen-bond acceptors (Lipinski definition) is 4. The molecule has 1 atom stereocenters. The Morgan fingerprint density at radius 3 is 2.72 bits per heavy atom. The molecule has 102 valence electrons. The van der Waals surface area contributed by atoms with Crippen molar-refractivity contribution < 1.29 is 4.79 Å². The lowest BCUT2D eigenvalue weighted by Crippen LogP contribution is -2.28. The molecule has 0 aliphatic carbocycles. The zero-order valence-electron chi connectivity index (χ0n) is 11.3. The van der Waals surface area contributed by atoms with Crippen LogP contribution in [0.25, 0.3) is 0 Å². The number of nitrogens with zero attached hydrogens (tertiary/aromatic N) is 2. The van der Waals surface area contributed by atoms with Crippen LogP contribution in [-0.4, -0.2) is 27.4 Å². The Hall–Kier alpha value is -0.680. The summed E-state index contributed by atoms with van der Waals surface area (Å²) in [5, 5.41) is 7.04. The van der Waals surface area contributed by atoms with E-state index in [1.807, 2.05) is 27.7 Å². The molecule has 0 bridgehead atoms. The molecule has 1 aromatic rings. The topological polar surface area (TPSA) is 54.9 Å². The number of halogens is 1. The van der Waals surface area contributed by atoms with Crippen LogP contribution in [0, 0.1) is 0 Å².